The first-order valence-electron chi connectivity index (χ1n) is 6.84. The predicted octanol–water partition coefficient (Wildman–Crippen LogP) is 2.47. The molecule has 110 valence electrons. The molecular formula is C16H22O4. The van der Waals surface area contributed by atoms with Gasteiger partial charge in [-0.05, 0) is 43.9 Å². The van der Waals surface area contributed by atoms with Crippen molar-refractivity contribution in [3.63, 3.8) is 0 Å². The van der Waals surface area contributed by atoms with Gasteiger partial charge in [0.15, 0.2) is 0 Å². The van der Waals surface area contributed by atoms with Crippen LogP contribution >= 0.6 is 0 Å². The summed E-state index contributed by atoms with van der Waals surface area (Å²) in [5, 5.41) is 9.53. The first-order chi connectivity index (χ1) is 9.29. The van der Waals surface area contributed by atoms with E-state index in [1.165, 1.54) is 6.92 Å². The van der Waals surface area contributed by atoms with Gasteiger partial charge in [-0.25, -0.2) is 0 Å². The number of hydrogen-bond donors (Lipinski definition) is 1. The van der Waals surface area contributed by atoms with Crippen LogP contribution in [-0.2, 0) is 11.2 Å². The van der Waals surface area contributed by atoms with E-state index in [-0.39, 0.29) is 18.0 Å². The quantitative estimate of drug-likeness (QED) is 0.667. The van der Waals surface area contributed by atoms with E-state index in [0.717, 1.165) is 34.4 Å². The standard InChI is InChI=1S/C16H22O4/c1-9-10(2)14(20-12(4)18)11(3)15-13(9)6-16(5,7-17)8-19-15/h17H,6-8H2,1-5H3. The average molecular weight is 278 g/mol. The highest BCUT2D eigenvalue weighted by molar-refractivity contribution is 5.72. The van der Waals surface area contributed by atoms with Crippen molar-refractivity contribution < 1.29 is 19.4 Å². The van der Waals surface area contributed by atoms with Crippen LogP contribution in [0.5, 0.6) is 11.5 Å². The molecular weight excluding hydrogens is 256 g/mol. The van der Waals surface area contributed by atoms with Crippen LogP contribution in [0.1, 0.15) is 36.1 Å². The van der Waals surface area contributed by atoms with Crippen LogP contribution in [0, 0.1) is 26.2 Å². The number of fused-ring (bicyclic) bond motifs is 1. The van der Waals surface area contributed by atoms with E-state index in [2.05, 4.69) is 0 Å². The molecule has 1 unspecified atom stereocenters. The molecule has 0 saturated heterocycles. The largest absolute Gasteiger partial charge is 0.492 e. The van der Waals surface area contributed by atoms with Gasteiger partial charge in [-0.3, -0.25) is 4.79 Å². The number of rotatable bonds is 2. The first kappa shape index (κ1) is 14.9. The Morgan fingerprint density at radius 1 is 1.30 bits per heavy atom. The molecule has 1 aliphatic rings. The fourth-order valence-corrected chi connectivity index (χ4v) is 2.71. The van der Waals surface area contributed by atoms with Gasteiger partial charge in [0.2, 0.25) is 0 Å². The molecule has 1 aromatic rings. The van der Waals surface area contributed by atoms with Gasteiger partial charge in [-0.2, -0.15) is 0 Å². The lowest BCUT2D eigenvalue weighted by Crippen LogP contribution is -2.36. The van der Waals surface area contributed by atoms with Crippen LogP contribution in [0.25, 0.3) is 0 Å². The highest BCUT2D eigenvalue weighted by Crippen LogP contribution is 2.44. The summed E-state index contributed by atoms with van der Waals surface area (Å²) in [6, 6.07) is 0. The Morgan fingerprint density at radius 3 is 2.50 bits per heavy atom. The molecule has 0 amide bonds. The molecule has 0 spiro atoms. The molecule has 0 aliphatic carbocycles. The molecule has 2 rings (SSSR count). The molecule has 20 heavy (non-hydrogen) atoms. The minimum Gasteiger partial charge on any atom is -0.492 e. The van der Waals surface area contributed by atoms with Crippen molar-refractivity contribution in [2.75, 3.05) is 13.2 Å². The Hall–Kier alpha value is -1.55. The molecule has 1 aliphatic heterocycles. The molecule has 0 aromatic heterocycles. The third-order valence-electron chi connectivity index (χ3n) is 4.11. The van der Waals surface area contributed by atoms with Gasteiger partial charge >= 0.3 is 5.97 Å². The Labute approximate surface area is 119 Å². The van der Waals surface area contributed by atoms with E-state index >= 15 is 0 Å². The minimum atomic E-state index is -0.327. The van der Waals surface area contributed by atoms with Gasteiger partial charge in [0, 0.05) is 17.9 Å². The monoisotopic (exact) mass is 278 g/mol. The van der Waals surface area contributed by atoms with E-state index in [1.54, 1.807) is 0 Å². The Bertz CT molecular complexity index is 562. The van der Waals surface area contributed by atoms with Crippen LogP contribution in [-0.4, -0.2) is 24.3 Å². The third-order valence-corrected chi connectivity index (χ3v) is 4.11. The summed E-state index contributed by atoms with van der Waals surface area (Å²) in [6.45, 7) is 9.84. The summed E-state index contributed by atoms with van der Waals surface area (Å²) in [5.41, 5.74) is 3.75. The number of carbonyl (C=O) groups excluding carboxylic acids is 1. The fourth-order valence-electron chi connectivity index (χ4n) is 2.71. The van der Waals surface area contributed by atoms with E-state index in [9.17, 15) is 9.90 Å². The number of ether oxygens (including phenoxy) is 2. The van der Waals surface area contributed by atoms with Crippen molar-refractivity contribution in [2.45, 2.75) is 41.0 Å². The number of aliphatic hydroxyl groups excluding tert-OH is 1. The van der Waals surface area contributed by atoms with Gasteiger partial charge < -0.3 is 14.6 Å². The SMILES string of the molecule is CC(=O)Oc1c(C)c(C)c2c(c1C)OCC(C)(CO)C2. The lowest BCUT2D eigenvalue weighted by Gasteiger charge is -2.35. The molecule has 0 radical (unpaired) electrons. The lowest BCUT2D eigenvalue weighted by molar-refractivity contribution is -0.132. The van der Waals surface area contributed by atoms with Crippen LogP contribution < -0.4 is 9.47 Å². The first-order valence-corrected chi connectivity index (χ1v) is 6.84. The number of hydrogen-bond acceptors (Lipinski definition) is 4. The zero-order valence-corrected chi connectivity index (χ0v) is 12.8. The van der Waals surface area contributed by atoms with Gasteiger partial charge in [0.25, 0.3) is 0 Å². The molecule has 1 heterocycles. The average Bonchev–Trinajstić information content (AvgIpc) is 2.41. The van der Waals surface area contributed by atoms with E-state index in [1.807, 2.05) is 27.7 Å². The molecule has 0 fully saturated rings. The van der Waals surface area contributed by atoms with Crippen molar-refractivity contribution in [3.05, 3.63) is 22.3 Å². The van der Waals surface area contributed by atoms with E-state index < -0.39 is 0 Å². The van der Waals surface area contributed by atoms with E-state index in [0.29, 0.717) is 12.4 Å². The van der Waals surface area contributed by atoms with Crippen LogP contribution in [0.3, 0.4) is 0 Å². The summed E-state index contributed by atoms with van der Waals surface area (Å²) in [6.07, 6.45) is 0.771. The summed E-state index contributed by atoms with van der Waals surface area (Å²) in [7, 11) is 0. The van der Waals surface area contributed by atoms with Crippen LogP contribution in [0.2, 0.25) is 0 Å². The van der Waals surface area contributed by atoms with Crippen LogP contribution in [0.4, 0.5) is 0 Å². The second kappa shape index (κ2) is 5.09. The lowest BCUT2D eigenvalue weighted by atomic mass is 9.80. The normalized spacial score (nSPS) is 21.1. The molecule has 0 saturated carbocycles. The van der Waals surface area contributed by atoms with Gasteiger partial charge in [-0.15, -0.1) is 0 Å². The second-order valence-electron chi connectivity index (χ2n) is 6.04. The zero-order valence-electron chi connectivity index (χ0n) is 12.8. The summed E-state index contributed by atoms with van der Waals surface area (Å²) < 4.78 is 11.2. The van der Waals surface area contributed by atoms with E-state index in [4.69, 9.17) is 9.47 Å². The molecule has 1 aromatic carbocycles. The second-order valence-corrected chi connectivity index (χ2v) is 6.04. The van der Waals surface area contributed by atoms with Crippen molar-refractivity contribution >= 4 is 5.97 Å². The summed E-state index contributed by atoms with van der Waals surface area (Å²) in [4.78, 5) is 11.3. The smallest absolute Gasteiger partial charge is 0.308 e. The molecule has 1 N–H and O–H groups in total. The van der Waals surface area contributed by atoms with Crippen molar-refractivity contribution in [2.24, 2.45) is 5.41 Å². The van der Waals surface area contributed by atoms with Gasteiger partial charge in [-0.1, -0.05) is 6.92 Å². The fraction of sp³-hybridized carbons (Fsp3) is 0.562. The van der Waals surface area contributed by atoms with Crippen molar-refractivity contribution in [1.29, 1.82) is 0 Å². The number of esters is 1. The maximum Gasteiger partial charge on any atom is 0.308 e. The molecule has 1 atom stereocenters. The van der Waals surface area contributed by atoms with Gasteiger partial charge in [0.1, 0.15) is 11.5 Å². The molecule has 4 nitrogen and oxygen atoms in total. The van der Waals surface area contributed by atoms with Crippen LogP contribution in [0.15, 0.2) is 0 Å². The predicted molar refractivity (Wildman–Crippen MR) is 76.4 cm³/mol. The number of carbonyl (C=O) groups is 1. The summed E-state index contributed by atoms with van der Waals surface area (Å²) in [5.74, 6) is 1.07. The maximum atomic E-state index is 11.3. The Balaban J connectivity index is 2.57. The van der Waals surface area contributed by atoms with Gasteiger partial charge in [0.05, 0.1) is 13.2 Å². The minimum absolute atomic E-state index is 0.0929. The Morgan fingerprint density at radius 2 is 1.95 bits per heavy atom. The number of aliphatic hydroxyl groups is 1. The maximum absolute atomic E-state index is 11.3. The van der Waals surface area contributed by atoms with Crippen molar-refractivity contribution in [1.82, 2.24) is 0 Å². The molecule has 0 bridgehead atoms. The third kappa shape index (κ3) is 2.40. The Kier molecular flexibility index (Phi) is 3.78. The topological polar surface area (TPSA) is 55.8 Å². The highest BCUT2D eigenvalue weighted by atomic mass is 16.5. The molecule has 4 heteroatoms. The summed E-state index contributed by atoms with van der Waals surface area (Å²) >= 11 is 0. The number of benzene rings is 1. The zero-order chi connectivity index (χ0) is 15.1. The van der Waals surface area contributed by atoms with Crippen molar-refractivity contribution in [3.8, 4) is 11.5 Å². The highest BCUT2D eigenvalue weighted by Gasteiger charge is 2.34.